The number of nitrogens with one attached hydrogen (secondary N) is 2. The number of anilines is 1. The summed E-state index contributed by atoms with van der Waals surface area (Å²) < 4.78 is 14.3. The maximum Gasteiger partial charge on any atom is 0.294 e. The number of azo groups is 1. The number of amides is 1. The molecule has 0 radical (unpaired) electrons. The molecule has 0 saturated carbocycles. The van der Waals surface area contributed by atoms with Gasteiger partial charge in [-0.2, -0.15) is 5.11 Å². The fourth-order valence-electron chi connectivity index (χ4n) is 2.15. The van der Waals surface area contributed by atoms with Gasteiger partial charge in [0, 0.05) is 12.6 Å². The monoisotopic (exact) mass is 339 g/mol. The first-order valence-electron chi connectivity index (χ1n) is 7.37. The standard InChI is InChI=1S/C17H14FN5O2/c1-23-15(19-16(24)11-5-3-2-4-6-11)14(17(25)22-23)21-20-13-9-7-12(18)8-10-13/h2-10H,1H3,(H,19,24)(H,22,25). The first-order valence-corrected chi connectivity index (χ1v) is 7.37. The minimum Gasteiger partial charge on any atom is -0.305 e. The highest BCUT2D eigenvalue weighted by Gasteiger charge is 2.16. The van der Waals surface area contributed by atoms with Gasteiger partial charge in [0.1, 0.15) is 5.82 Å². The SMILES string of the molecule is Cn1[nH]c(=O)c(N=Nc2ccc(F)cc2)c1NC(=O)c1ccccc1. The Morgan fingerprint density at radius 2 is 1.76 bits per heavy atom. The van der Waals surface area contributed by atoms with Gasteiger partial charge in [0.15, 0.2) is 11.5 Å². The van der Waals surface area contributed by atoms with Gasteiger partial charge in [0.05, 0.1) is 5.69 Å². The van der Waals surface area contributed by atoms with Crippen LogP contribution in [0.4, 0.5) is 21.6 Å². The lowest BCUT2D eigenvalue weighted by Crippen LogP contribution is -2.14. The number of halogens is 1. The topological polar surface area (TPSA) is 91.6 Å². The van der Waals surface area contributed by atoms with Crippen molar-refractivity contribution in [3.05, 3.63) is 76.3 Å². The lowest BCUT2D eigenvalue weighted by Gasteiger charge is -2.06. The number of carbonyl (C=O) groups is 1. The highest BCUT2D eigenvalue weighted by Crippen LogP contribution is 2.23. The molecule has 25 heavy (non-hydrogen) atoms. The quantitative estimate of drug-likeness (QED) is 0.712. The zero-order valence-electron chi connectivity index (χ0n) is 13.2. The molecule has 0 aliphatic heterocycles. The predicted octanol–water partition coefficient (Wildman–Crippen LogP) is 3.52. The Balaban J connectivity index is 1.89. The minimum atomic E-state index is -0.503. The number of aromatic amines is 1. The second-order valence-electron chi connectivity index (χ2n) is 5.19. The first-order chi connectivity index (χ1) is 12.0. The Kier molecular flexibility index (Phi) is 4.51. The number of carbonyl (C=O) groups excluding carboxylic acids is 1. The third kappa shape index (κ3) is 3.69. The van der Waals surface area contributed by atoms with Crippen molar-refractivity contribution in [1.82, 2.24) is 9.78 Å². The third-order valence-corrected chi connectivity index (χ3v) is 3.40. The van der Waals surface area contributed by atoms with E-state index in [1.807, 2.05) is 0 Å². The molecule has 0 atom stereocenters. The number of hydrogen-bond donors (Lipinski definition) is 2. The molecule has 8 heteroatoms. The number of H-pyrrole nitrogens is 1. The molecule has 0 spiro atoms. The van der Waals surface area contributed by atoms with E-state index in [0.29, 0.717) is 11.3 Å². The van der Waals surface area contributed by atoms with Crippen LogP contribution in [-0.4, -0.2) is 15.7 Å². The maximum absolute atomic E-state index is 12.9. The van der Waals surface area contributed by atoms with Crippen LogP contribution in [0.1, 0.15) is 10.4 Å². The van der Waals surface area contributed by atoms with E-state index >= 15 is 0 Å². The minimum absolute atomic E-state index is 0.0453. The van der Waals surface area contributed by atoms with E-state index in [2.05, 4.69) is 20.6 Å². The molecular formula is C17H14FN5O2. The number of benzene rings is 2. The number of aromatic nitrogens is 2. The van der Waals surface area contributed by atoms with Crippen molar-refractivity contribution in [2.24, 2.45) is 17.3 Å². The van der Waals surface area contributed by atoms with E-state index in [9.17, 15) is 14.0 Å². The zero-order chi connectivity index (χ0) is 17.8. The number of aryl methyl sites for hydroxylation is 1. The predicted molar refractivity (Wildman–Crippen MR) is 91.0 cm³/mol. The van der Waals surface area contributed by atoms with Crippen LogP contribution >= 0.6 is 0 Å². The molecule has 3 aromatic rings. The number of hydrogen-bond acceptors (Lipinski definition) is 4. The summed E-state index contributed by atoms with van der Waals surface area (Å²) in [7, 11) is 1.57. The molecule has 2 aromatic carbocycles. The first kappa shape index (κ1) is 16.3. The fraction of sp³-hybridized carbons (Fsp3) is 0.0588. The summed E-state index contributed by atoms with van der Waals surface area (Å²) in [6, 6.07) is 13.9. The Morgan fingerprint density at radius 3 is 2.44 bits per heavy atom. The van der Waals surface area contributed by atoms with Crippen molar-refractivity contribution in [2.45, 2.75) is 0 Å². The third-order valence-electron chi connectivity index (χ3n) is 3.40. The summed E-state index contributed by atoms with van der Waals surface area (Å²) in [6.45, 7) is 0. The van der Waals surface area contributed by atoms with Crippen LogP contribution in [0.2, 0.25) is 0 Å². The van der Waals surface area contributed by atoms with E-state index in [-0.39, 0.29) is 17.4 Å². The number of rotatable bonds is 4. The highest BCUT2D eigenvalue weighted by molar-refractivity contribution is 6.05. The lowest BCUT2D eigenvalue weighted by atomic mass is 10.2. The normalized spacial score (nSPS) is 11.0. The summed E-state index contributed by atoms with van der Waals surface area (Å²) in [5.74, 6) is -0.592. The summed E-state index contributed by atoms with van der Waals surface area (Å²) >= 11 is 0. The molecule has 0 saturated heterocycles. The Morgan fingerprint density at radius 1 is 1.08 bits per heavy atom. The van der Waals surface area contributed by atoms with Crippen molar-refractivity contribution < 1.29 is 9.18 Å². The molecule has 7 nitrogen and oxygen atoms in total. The van der Waals surface area contributed by atoms with Crippen molar-refractivity contribution in [1.29, 1.82) is 0 Å². The van der Waals surface area contributed by atoms with Gasteiger partial charge in [-0.15, -0.1) is 5.11 Å². The second kappa shape index (κ2) is 6.91. The van der Waals surface area contributed by atoms with Crippen LogP contribution in [0, 0.1) is 5.82 Å². The van der Waals surface area contributed by atoms with E-state index in [1.54, 1.807) is 37.4 Å². The van der Waals surface area contributed by atoms with E-state index in [1.165, 1.54) is 28.9 Å². The van der Waals surface area contributed by atoms with Gasteiger partial charge in [-0.3, -0.25) is 19.4 Å². The van der Waals surface area contributed by atoms with E-state index < -0.39 is 11.4 Å². The van der Waals surface area contributed by atoms with Crippen molar-refractivity contribution in [2.75, 3.05) is 5.32 Å². The molecular weight excluding hydrogens is 325 g/mol. The highest BCUT2D eigenvalue weighted by atomic mass is 19.1. The molecule has 1 amide bonds. The molecule has 0 aliphatic carbocycles. The Labute approximate surface area is 141 Å². The van der Waals surface area contributed by atoms with Gasteiger partial charge in [0.2, 0.25) is 0 Å². The van der Waals surface area contributed by atoms with Crippen molar-refractivity contribution in [3.8, 4) is 0 Å². The molecule has 0 unspecified atom stereocenters. The Bertz CT molecular complexity index is 975. The van der Waals surface area contributed by atoms with Gasteiger partial charge in [0.25, 0.3) is 11.5 Å². The van der Waals surface area contributed by atoms with Crippen LogP contribution in [0.5, 0.6) is 0 Å². The largest absolute Gasteiger partial charge is 0.305 e. The maximum atomic E-state index is 12.9. The van der Waals surface area contributed by atoms with Gasteiger partial charge in [-0.05, 0) is 36.4 Å². The van der Waals surface area contributed by atoms with Crippen LogP contribution in [0.3, 0.4) is 0 Å². The smallest absolute Gasteiger partial charge is 0.294 e. The summed E-state index contributed by atoms with van der Waals surface area (Å²) in [6.07, 6.45) is 0. The molecule has 1 heterocycles. The molecule has 3 rings (SSSR count). The summed E-state index contributed by atoms with van der Waals surface area (Å²) in [4.78, 5) is 24.3. The molecule has 1 aromatic heterocycles. The van der Waals surface area contributed by atoms with Crippen LogP contribution in [0.15, 0.2) is 69.6 Å². The average molecular weight is 339 g/mol. The van der Waals surface area contributed by atoms with Crippen molar-refractivity contribution in [3.63, 3.8) is 0 Å². The lowest BCUT2D eigenvalue weighted by molar-refractivity contribution is 0.102. The molecule has 0 bridgehead atoms. The van der Waals surface area contributed by atoms with Gasteiger partial charge in [-0.25, -0.2) is 4.39 Å². The zero-order valence-corrected chi connectivity index (χ0v) is 13.2. The Hall–Kier alpha value is -3.55. The van der Waals surface area contributed by atoms with Crippen LogP contribution < -0.4 is 10.9 Å². The van der Waals surface area contributed by atoms with Gasteiger partial charge in [-0.1, -0.05) is 18.2 Å². The second-order valence-corrected chi connectivity index (χ2v) is 5.19. The molecule has 0 fully saturated rings. The van der Waals surface area contributed by atoms with Gasteiger partial charge >= 0.3 is 0 Å². The molecule has 2 N–H and O–H groups in total. The van der Waals surface area contributed by atoms with Gasteiger partial charge < -0.3 is 5.32 Å². The van der Waals surface area contributed by atoms with E-state index in [4.69, 9.17) is 0 Å². The molecule has 126 valence electrons. The average Bonchev–Trinajstić information content (AvgIpc) is 2.88. The fourth-order valence-corrected chi connectivity index (χ4v) is 2.15. The summed E-state index contributed by atoms with van der Waals surface area (Å²) in [5, 5.41) is 13.0. The summed E-state index contributed by atoms with van der Waals surface area (Å²) in [5.41, 5.74) is 0.274. The van der Waals surface area contributed by atoms with E-state index in [0.717, 1.165) is 0 Å². The van der Waals surface area contributed by atoms with Crippen molar-refractivity contribution >= 4 is 23.1 Å². The van der Waals surface area contributed by atoms with Crippen LogP contribution in [-0.2, 0) is 7.05 Å². The van der Waals surface area contributed by atoms with Crippen LogP contribution in [0.25, 0.3) is 0 Å². The molecule has 0 aliphatic rings. The number of nitrogens with zero attached hydrogens (tertiary/aromatic N) is 3.